The van der Waals surface area contributed by atoms with Gasteiger partial charge in [0.2, 0.25) is 5.91 Å². The number of methoxy groups -OCH3 is 1. The molecule has 1 aromatic rings. The van der Waals surface area contributed by atoms with Gasteiger partial charge in [-0.1, -0.05) is 32.6 Å². The molecule has 0 spiro atoms. The number of ether oxygens (including phenoxy) is 1. The van der Waals surface area contributed by atoms with E-state index in [0.717, 1.165) is 19.4 Å². The molecule has 1 atom stereocenters. The lowest BCUT2D eigenvalue weighted by molar-refractivity contribution is -0.121. The van der Waals surface area contributed by atoms with Gasteiger partial charge >= 0.3 is 0 Å². The zero-order valence-electron chi connectivity index (χ0n) is 14.0. The van der Waals surface area contributed by atoms with E-state index >= 15 is 0 Å². The number of benzene rings is 1. The van der Waals surface area contributed by atoms with Gasteiger partial charge in [-0.25, -0.2) is 4.90 Å². The molecule has 1 saturated heterocycles. The Morgan fingerprint density at radius 2 is 1.83 bits per heavy atom. The Kier molecular flexibility index (Phi) is 6.59. The average molecular weight is 318 g/mol. The first-order chi connectivity index (χ1) is 11.2. The van der Waals surface area contributed by atoms with E-state index in [4.69, 9.17) is 4.74 Å². The Hall–Kier alpha value is -1.88. The Labute approximate surface area is 138 Å². The summed E-state index contributed by atoms with van der Waals surface area (Å²) in [7, 11) is 1.58. The van der Waals surface area contributed by atoms with Crippen LogP contribution >= 0.6 is 0 Å². The van der Waals surface area contributed by atoms with Gasteiger partial charge in [-0.05, 0) is 37.2 Å². The predicted octanol–water partition coefficient (Wildman–Crippen LogP) is 2.89. The van der Waals surface area contributed by atoms with Crippen molar-refractivity contribution in [2.75, 3.05) is 18.6 Å². The smallest absolute Gasteiger partial charge is 0.251 e. The molecule has 0 aromatic heterocycles. The van der Waals surface area contributed by atoms with Gasteiger partial charge in [0.15, 0.2) is 0 Å². The van der Waals surface area contributed by atoms with Crippen LogP contribution in [-0.4, -0.2) is 31.5 Å². The molecule has 5 nitrogen and oxygen atoms in total. The third-order valence-electron chi connectivity index (χ3n) is 4.15. The van der Waals surface area contributed by atoms with Crippen LogP contribution in [0, 0.1) is 0 Å². The Balaban J connectivity index is 1.86. The number of carbonyl (C=O) groups excluding carboxylic acids is 2. The Morgan fingerprint density at radius 1 is 1.13 bits per heavy atom. The van der Waals surface area contributed by atoms with Crippen molar-refractivity contribution in [3.63, 3.8) is 0 Å². The van der Waals surface area contributed by atoms with Crippen molar-refractivity contribution in [2.45, 2.75) is 51.5 Å². The van der Waals surface area contributed by atoms with Crippen LogP contribution in [0.3, 0.4) is 0 Å². The second-order valence-electron chi connectivity index (χ2n) is 5.89. The summed E-state index contributed by atoms with van der Waals surface area (Å²) in [6.07, 6.45) is 6.15. The molecule has 0 radical (unpaired) electrons. The molecule has 23 heavy (non-hydrogen) atoms. The van der Waals surface area contributed by atoms with Crippen molar-refractivity contribution in [1.82, 2.24) is 5.32 Å². The number of amides is 2. The van der Waals surface area contributed by atoms with E-state index in [-0.39, 0.29) is 18.2 Å². The minimum atomic E-state index is -0.393. The van der Waals surface area contributed by atoms with Gasteiger partial charge < -0.3 is 10.1 Å². The van der Waals surface area contributed by atoms with E-state index in [9.17, 15) is 9.59 Å². The van der Waals surface area contributed by atoms with Crippen molar-refractivity contribution >= 4 is 17.5 Å². The van der Waals surface area contributed by atoms with Crippen LogP contribution in [0.5, 0.6) is 5.75 Å². The van der Waals surface area contributed by atoms with E-state index in [1.54, 1.807) is 31.4 Å². The van der Waals surface area contributed by atoms with Crippen LogP contribution in [0.15, 0.2) is 24.3 Å². The fourth-order valence-electron chi connectivity index (χ4n) is 2.80. The van der Waals surface area contributed by atoms with E-state index in [0.29, 0.717) is 11.4 Å². The van der Waals surface area contributed by atoms with Gasteiger partial charge in [-0.15, -0.1) is 0 Å². The molecule has 0 saturated carbocycles. The topological polar surface area (TPSA) is 58.6 Å². The molecule has 1 aliphatic heterocycles. The first-order valence-corrected chi connectivity index (χ1v) is 8.41. The maximum atomic E-state index is 12.4. The molecule has 1 N–H and O–H groups in total. The van der Waals surface area contributed by atoms with Gasteiger partial charge in [0, 0.05) is 0 Å². The quantitative estimate of drug-likeness (QED) is 0.562. The molecule has 1 unspecified atom stereocenters. The zero-order valence-corrected chi connectivity index (χ0v) is 14.0. The molecule has 2 rings (SSSR count). The summed E-state index contributed by atoms with van der Waals surface area (Å²) in [6, 6.07) is 6.59. The van der Waals surface area contributed by atoms with Gasteiger partial charge in [0.25, 0.3) is 5.91 Å². The molecule has 126 valence electrons. The van der Waals surface area contributed by atoms with Gasteiger partial charge in [-0.3, -0.25) is 9.59 Å². The van der Waals surface area contributed by atoms with Crippen LogP contribution in [0.25, 0.3) is 0 Å². The lowest BCUT2D eigenvalue weighted by Crippen LogP contribution is -2.39. The Morgan fingerprint density at radius 3 is 2.48 bits per heavy atom. The number of nitrogens with zero attached hydrogens (tertiary/aromatic N) is 1. The van der Waals surface area contributed by atoms with E-state index in [1.165, 1.54) is 24.2 Å². The average Bonchev–Trinajstić information content (AvgIpc) is 2.85. The number of imide groups is 1. The lowest BCUT2D eigenvalue weighted by atomic mass is 10.1. The van der Waals surface area contributed by atoms with E-state index in [1.807, 2.05) is 0 Å². The molecule has 0 aliphatic carbocycles. The molecule has 1 aromatic carbocycles. The summed E-state index contributed by atoms with van der Waals surface area (Å²) in [4.78, 5) is 25.9. The SMILES string of the molecule is CCCCCCCNC1CC(=O)N(c2ccc(OC)cc2)C1=O. The fraction of sp³-hybridized carbons (Fsp3) is 0.556. The highest BCUT2D eigenvalue weighted by Gasteiger charge is 2.39. The number of unbranched alkanes of at least 4 members (excludes halogenated alkanes) is 4. The minimum absolute atomic E-state index is 0.149. The molecular formula is C18H26N2O3. The van der Waals surface area contributed by atoms with E-state index < -0.39 is 6.04 Å². The Bertz CT molecular complexity index is 528. The first kappa shape index (κ1) is 17.5. The summed E-state index contributed by atoms with van der Waals surface area (Å²) in [5.74, 6) is 0.395. The summed E-state index contributed by atoms with van der Waals surface area (Å²) in [6.45, 7) is 2.97. The molecule has 1 heterocycles. The zero-order chi connectivity index (χ0) is 16.7. The lowest BCUT2D eigenvalue weighted by Gasteiger charge is -2.16. The number of hydrogen-bond acceptors (Lipinski definition) is 4. The molecular weight excluding hydrogens is 292 g/mol. The maximum absolute atomic E-state index is 12.4. The van der Waals surface area contributed by atoms with Crippen molar-refractivity contribution in [1.29, 1.82) is 0 Å². The normalized spacial score (nSPS) is 17.8. The molecule has 5 heteroatoms. The van der Waals surface area contributed by atoms with Crippen LogP contribution in [-0.2, 0) is 9.59 Å². The van der Waals surface area contributed by atoms with Crippen molar-refractivity contribution in [3.05, 3.63) is 24.3 Å². The summed E-state index contributed by atoms with van der Waals surface area (Å²) < 4.78 is 5.10. The number of nitrogens with one attached hydrogen (secondary N) is 1. The predicted molar refractivity (Wildman–Crippen MR) is 90.7 cm³/mol. The summed E-state index contributed by atoms with van der Waals surface area (Å²) >= 11 is 0. The highest BCUT2D eigenvalue weighted by molar-refractivity contribution is 6.22. The van der Waals surface area contributed by atoms with Crippen LogP contribution < -0.4 is 15.0 Å². The first-order valence-electron chi connectivity index (χ1n) is 8.41. The van der Waals surface area contributed by atoms with Gasteiger partial charge in [-0.2, -0.15) is 0 Å². The molecule has 1 aliphatic rings. The number of hydrogen-bond donors (Lipinski definition) is 1. The van der Waals surface area contributed by atoms with Crippen molar-refractivity contribution < 1.29 is 14.3 Å². The third kappa shape index (κ3) is 4.55. The van der Waals surface area contributed by atoms with Crippen LogP contribution in [0.1, 0.15) is 45.4 Å². The van der Waals surface area contributed by atoms with Crippen LogP contribution in [0.2, 0.25) is 0 Å². The molecule has 1 fully saturated rings. The fourth-order valence-corrected chi connectivity index (χ4v) is 2.80. The highest BCUT2D eigenvalue weighted by Crippen LogP contribution is 2.25. The number of anilines is 1. The standard InChI is InChI=1S/C18H26N2O3/c1-3-4-5-6-7-12-19-16-13-17(21)20(18(16)22)14-8-10-15(23-2)11-9-14/h8-11,16,19H,3-7,12-13H2,1-2H3. The van der Waals surface area contributed by atoms with Crippen molar-refractivity contribution in [2.24, 2.45) is 0 Å². The summed E-state index contributed by atoms with van der Waals surface area (Å²) in [5.41, 5.74) is 0.605. The second kappa shape index (κ2) is 8.67. The minimum Gasteiger partial charge on any atom is -0.497 e. The second-order valence-corrected chi connectivity index (χ2v) is 5.89. The van der Waals surface area contributed by atoms with Gasteiger partial charge in [0.1, 0.15) is 5.75 Å². The summed E-state index contributed by atoms with van der Waals surface area (Å²) in [5, 5.41) is 3.22. The molecule has 2 amide bonds. The van der Waals surface area contributed by atoms with Crippen LogP contribution in [0.4, 0.5) is 5.69 Å². The monoisotopic (exact) mass is 318 g/mol. The molecule has 0 bridgehead atoms. The highest BCUT2D eigenvalue weighted by atomic mass is 16.5. The van der Waals surface area contributed by atoms with Gasteiger partial charge in [0.05, 0.1) is 25.3 Å². The van der Waals surface area contributed by atoms with E-state index in [2.05, 4.69) is 12.2 Å². The number of rotatable bonds is 9. The number of carbonyl (C=O) groups is 2. The third-order valence-corrected chi connectivity index (χ3v) is 4.15. The van der Waals surface area contributed by atoms with Crippen molar-refractivity contribution in [3.8, 4) is 5.75 Å². The maximum Gasteiger partial charge on any atom is 0.251 e. The largest absolute Gasteiger partial charge is 0.497 e.